The third-order valence-corrected chi connectivity index (χ3v) is 4.26. The molecule has 0 aliphatic carbocycles. The van der Waals surface area contributed by atoms with Gasteiger partial charge < -0.3 is 15.2 Å². The average molecular weight is 298 g/mol. The molecule has 2 N–H and O–H groups in total. The molecule has 0 radical (unpaired) electrons. The maximum absolute atomic E-state index is 12.0. The number of aliphatic hydroxyl groups is 1. The van der Waals surface area contributed by atoms with E-state index in [0.717, 1.165) is 19.4 Å². The topological polar surface area (TPSA) is 78.9 Å². The van der Waals surface area contributed by atoms with Crippen LogP contribution in [0.4, 0.5) is 5.69 Å². The maximum atomic E-state index is 12.0. The smallest absolute Gasteiger partial charge is 0.350 e. The molecular weight excluding hydrogens is 280 g/mol. The van der Waals surface area contributed by atoms with Crippen LogP contribution in [0.5, 0.6) is 0 Å². The first-order chi connectivity index (χ1) is 9.65. The van der Waals surface area contributed by atoms with E-state index >= 15 is 0 Å². The molecule has 1 amide bonds. The van der Waals surface area contributed by atoms with E-state index < -0.39 is 5.97 Å². The Morgan fingerprint density at radius 2 is 2.40 bits per heavy atom. The minimum Gasteiger partial charge on any atom is -0.465 e. The molecule has 1 fully saturated rings. The van der Waals surface area contributed by atoms with Gasteiger partial charge in [-0.05, 0) is 30.8 Å². The van der Waals surface area contributed by atoms with Crippen LogP contribution < -0.4 is 5.32 Å². The number of carbonyl (C=O) groups is 2. The molecule has 6 nitrogen and oxygen atoms in total. The lowest BCUT2D eigenvalue weighted by Gasteiger charge is -2.21. The van der Waals surface area contributed by atoms with Gasteiger partial charge in [-0.2, -0.15) is 0 Å². The first-order valence-corrected chi connectivity index (χ1v) is 7.34. The van der Waals surface area contributed by atoms with Gasteiger partial charge in [0.05, 0.1) is 25.9 Å². The highest BCUT2D eigenvalue weighted by molar-refractivity contribution is 7.12. The van der Waals surface area contributed by atoms with E-state index in [2.05, 4.69) is 10.1 Å². The second-order valence-electron chi connectivity index (χ2n) is 4.65. The summed E-state index contributed by atoms with van der Waals surface area (Å²) < 4.78 is 4.66. The van der Waals surface area contributed by atoms with Gasteiger partial charge in [-0.25, -0.2) is 4.79 Å². The lowest BCUT2D eigenvalue weighted by Crippen LogP contribution is -2.38. The van der Waals surface area contributed by atoms with Crippen LogP contribution in [-0.2, 0) is 9.53 Å². The van der Waals surface area contributed by atoms with Gasteiger partial charge in [0.1, 0.15) is 4.88 Å². The molecule has 1 atom stereocenters. The van der Waals surface area contributed by atoms with Crippen molar-refractivity contribution in [3.63, 3.8) is 0 Å². The van der Waals surface area contributed by atoms with Crippen molar-refractivity contribution in [2.24, 2.45) is 0 Å². The number of anilines is 1. The van der Waals surface area contributed by atoms with E-state index in [0.29, 0.717) is 10.6 Å². The maximum Gasteiger partial charge on any atom is 0.350 e. The number of ether oxygens (including phenoxy) is 1. The van der Waals surface area contributed by atoms with Crippen LogP contribution in [0.25, 0.3) is 0 Å². The summed E-state index contributed by atoms with van der Waals surface area (Å²) in [6.07, 6.45) is 1.90. The Morgan fingerprint density at radius 1 is 1.60 bits per heavy atom. The zero-order valence-corrected chi connectivity index (χ0v) is 12.1. The number of nitrogens with zero attached hydrogens (tertiary/aromatic N) is 1. The van der Waals surface area contributed by atoms with Crippen LogP contribution in [0.2, 0.25) is 0 Å². The summed E-state index contributed by atoms with van der Waals surface area (Å²) in [4.78, 5) is 25.9. The van der Waals surface area contributed by atoms with Crippen LogP contribution in [0, 0.1) is 0 Å². The van der Waals surface area contributed by atoms with Gasteiger partial charge in [-0.15, -0.1) is 11.3 Å². The molecule has 0 saturated carbocycles. The summed E-state index contributed by atoms with van der Waals surface area (Å²) >= 11 is 1.23. The average Bonchev–Trinajstić information content (AvgIpc) is 3.06. The van der Waals surface area contributed by atoms with Crippen LogP contribution in [0.15, 0.2) is 11.4 Å². The lowest BCUT2D eigenvalue weighted by molar-refractivity contribution is -0.117. The zero-order valence-electron chi connectivity index (χ0n) is 11.3. The predicted molar refractivity (Wildman–Crippen MR) is 76.0 cm³/mol. The Kier molecular flexibility index (Phi) is 5.11. The third kappa shape index (κ3) is 3.36. The molecule has 0 unspecified atom stereocenters. The standard InChI is InChI=1S/C13H18N2O4S/c1-19-13(18)12-10(4-6-20-12)14-11(17)7-15-5-2-3-9(15)8-16/h4,6,9,16H,2-3,5,7-8H2,1H3,(H,14,17)/t9-/m1/s1. The van der Waals surface area contributed by atoms with Gasteiger partial charge in [0.2, 0.25) is 5.91 Å². The van der Waals surface area contributed by atoms with Gasteiger partial charge >= 0.3 is 5.97 Å². The molecule has 20 heavy (non-hydrogen) atoms. The summed E-state index contributed by atoms with van der Waals surface area (Å²) in [5, 5.41) is 13.7. The monoisotopic (exact) mass is 298 g/mol. The van der Waals surface area contributed by atoms with Gasteiger partial charge in [0.25, 0.3) is 0 Å². The fourth-order valence-corrected chi connectivity index (χ4v) is 3.11. The van der Waals surface area contributed by atoms with E-state index in [-0.39, 0.29) is 25.1 Å². The molecule has 1 aliphatic heterocycles. The quantitative estimate of drug-likeness (QED) is 0.791. The van der Waals surface area contributed by atoms with Gasteiger partial charge in [0, 0.05) is 6.04 Å². The van der Waals surface area contributed by atoms with Gasteiger partial charge in [-0.1, -0.05) is 0 Å². The van der Waals surface area contributed by atoms with Gasteiger partial charge in [0.15, 0.2) is 0 Å². The molecule has 2 heterocycles. The highest BCUT2D eigenvalue weighted by atomic mass is 32.1. The lowest BCUT2D eigenvalue weighted by atomic mass is 10.2. The number of likely N-dealkylation sites (tertiary alicyclic amines) is 1. The number of thiophene rings is 1. The molecule has 1 aliphatic rings. The Hall–Kier alpha value is -1.44. The Labute approximate surface area is 121 Å². The number of hydrogen-bond acceptors (Lipinski definition) is 6. The van der Waals surface area contributed by atoms with E-state index in [9.17, 15) is 14.7 Å². The van der Waals surface area contributed by atoms with Gasteiger partial charge in [-0.3, -0.25) is 9.69 Å². The van der Waals surface area contributed by atoms with Crippen molar-refractivity contribution in [3.05, 3.63) is 16.3 Å². The summed E-state index contributed by atoms with van der Waals surface area (Å²) in [6, 6.07) is 1.74. The molecule has 0 spiro atoms. The fourth-order valence-electron chi connectivity index (χ4n) is 2.34. The normalized spacial score (nSPS) is 19.0. The van der Waals surface area contributed by atoms with Crippen molar-refractivity contribution in [2.45, 2.75) is 18.9 Å². The zero-order chi connectivity index (χ0) is 14.5. The second-order valence-corrected chi connectivity index (χ2v) is 5.57. The minimum absolute atomic E-state index is 0.0586. The predicted octanol–water partition coefficient (Wildman–Crippen LogP) is 0.930. The summed E-state index contributed by atoms with van der Waals surface area (Å²) in [5.74, 6) is -0.640. The third-order valence-electron chi connectivity index (χ3n) is 3.37. The van der Waals surface area contributed by atoms with Crippen LogP contribution >= 0.6 is 11.3 Å². The molecule has 0 bridgehead atoms. The second kappa shape index (κ2) is 6.83. The van der Waals surface area contributed by atoms with E-state index in [1.54, 1.807) is 11.4 Å². The molecule has 7 heteroatoms. The van der Waals surface area contributed by atoms with Crippen LogP contribution in [-0.4, -0.2) is 54.7 Å². The van der Waals surface area contributed by atoms with Crippen molar-refractivity contribution in [1.29, 1.82) is 0 Å². The van der Waals surface area contributed by atoms with Crippen molar-refractivity contribution in [3.8, 4) is 0 Å². The molecule has 0 aromatic carbocycles. The van der Waals surface area contributed by atoms with Crippen molar-refractivity contribution in [2.75, 3.05) is 32.1 Å². The molecular formula is C13H18N2O4S. The summed E-state index contributed by atoms with van der Waals surface area (Å²) in [6.45, 7) is 1.10. The Bertz CT molecular complexity index is 488. The molecule has 110 valence electrons. The summed E-state index contributed by atoms with van der Waals surface area (Å²) in [7, 11) is 1.31. The Morgan fingerprint density at radius 3 is 3.10 bits per heavy atom. The number of nitrogens with one attached hydrogen (secondary N) is 1. The number of amides is 1. The molecule has 1 saturated heterocycles. The highest BCUT2D eigenvalue weighted by Gasteiger charge is 2.26. The van der Waals surface area contributed by atoms with E-state index in [1.165, 1.54) is 18.4 Å². The number of rotatable bonds is 5. The minimum atomic E-state index is -0.454. The van der Waals surface area contributed by atoms with Crippen molar-refractivity contribution in [1.82, 2.24) is 4.90 Å². The van der Waals surface area contributed by atoms with Crippen LogP contribution in [0.3, 0.4) is 0 Å². The van der Waals surface area contributed by atoms with Crippen LogP contribution in [0.1, 0.15) is 22.5 Å². The summed E-state index contributed by atoms with van der Waals surface area (Å²) in [5.41, 5.74) is 0.478. The highest BCUT2D eigenvalue weighted by Crippen LogP contribution is 2.23. The van der Waals surface area contributed by atoms with Crippen molar-refractivity contribution >= 4 is 28.9 Å². The SMILES string of the molecule is COC(=O)c1sccc1NC(=O)CN1CCC[C@@H]1CO. The number of methoxy groups -OCH3 is 1. The fraction of sp³-hybridized carbons (Fsp3) is 0.538. The molecule has 1 aromatic rings. The van der Waals surface area contributed by atoms with E-state index in [1.807, 2.05) is 4.90 Å². The van der Waals surface area contributed by atoms with E-state index in [4.69, 9.17) is 0 Å². The number of esters is 1. The first kappa shape index (κ1) is 15.0. The number of hydrogen-bond donors (Lipinski definition) is 2. The first-order valence-electron chi connectivity index (χ1n) is 6.46. The van der Waals surface area contributed by atoms with Crippen molar-refractivity contribution < 1.29 is 19.4 Å². The Balaban J connectivity index is 1.95. The number of aliphatic hydroxyl groups excluding tert-OH is 1. The molecule has 1 aromatic heterocycles. The largest absolute Gasteiger partial charge is 0.465 e. The number of carbonyl (C=O) groups excluding carboxylic acids is 2. The molecule has 2 rings (SSSR count).